The highest BCUT2D eigenvalue weighted by Gasteiger charge is 2.05. The van der Waals surface area contributed by atoms with E-state index in [0.29, 0.717) is 5.11 Å². The van der Waals surface area contributed by atoms with Gasteiger partial charge in [0.1, 0.15) is 0 Å². The third-order valence-electron chi connectivity index (χ3n) is 3.89. The topological polar surface area (TPSA) is 39.8 Å². The molecule has 124 valence electrons. The third kappa shape index (κ3) is 4.08. The molecule has 5 heteroatoms. The lowest BCUT2D eigenvalue weighted by atomic mass is 10.1. The van der Waals surface area contributed by atoms with E-state index in [-0.39, 0.29) is 0 Å². The van der Waals surface area contributed by atoms with Crippen LogP contribution in [0.2, 0.25) is 5.02 Å². The van der Waals surface area contributed by atoms with Crippen molar-refractivity contribution in [3.05, 3.63) is 64.3 Å². The van der Waals surface area contributed by atoms with Gasteiger partial charge in [0, 0.05) is 34.4 Å². The summed E-state index contributed by atoms with van der Waals surface area (Å²) in [4.78, 5) is 3.27. The van der Waals surface area contributed by atoms with Gasteiger partial charge in [0.15, 0.2) is 5.11 Å². The molecule has 1 heterocycles. The number of anilines is 1. The van der Waals surface area contributed by atoms with E-state index >= 15 is 0 Å². The number of rotatable bonds is 4. The Balaban J connectivity index is 1.57. The van der Waals surface area contributed by atoms with Crippen LogP contribution in [0.1, 0.15) is 16.7 Å². The Hall–Kier alpha value is -2.04. The summed E-state index contributed by atoms with van der Waals surface area (Å²) in [7, 11) is 0. The molecular weight excluding hydrogens is 338 g/mol. The maximum atomic E-state index is 6.09. The molecule has 0 aliphatic rings. The molecular formula is C19H20ClN3S. The number of hydrogen-bond donors (Lipinski definition) is 3. The molecule has 0 atom stereocenters. The second-order valence-corrected chi connectivity index (χ2v) is 6.86. The van der Waals surface area contributed by atoms with Gasteiger partial charge in [-0.1, -0.05) is 17.7 Å². The number of aromatic amines is 1. The highest BCUT2D eigenvalue weighted by Crippen LogP contribution is 2.22. The van der Waals surface area contributed by atoms with E-state index in [2.05, 4.69) is 47.7 Å². The van der Waals surface area contributed by atoms with Crippen molar-refractivity contribution in [1.82, 2.24) is 10.3 Å². The van der Waals surface area contributed by atoms with Gasteiger partial charge in [-0.25, -0.2) is 0 Å². The van der Waals surface area contributed by atoms with Crippen LogP contribution in [0.15, 0.2) is 42.6 Å². The van der Waals surface area contributed by atoms with E-state index in [1.807, 2.05) is 24.4 Å². The van der Waals surface area contributed by atoms with Gasteiger partial charge in [0.25, 0.3) is 0 Å². The summed E-state index contributed by atoms with van der Waals surface area (Å²) in [5, 5.41) is 9.06. The summed E-state index contributed by atoms with van der Waals surface area (Å²) < 4.78 is 0. The van der Waals surface area contributed by atoms with Crippen LogP contribution in [0.5, 0.6) is 0 Å². The van der Waals surface area contributed by atoms with E-state index in [0.717, 1.165) is 34.6 Å². The Morgan fingerprint density at radius 3 is 2.62 bits per heavy atom. The number of benzene rings is 2. The van der Waals surface area contributed by atoms with Crippen molar-refractivity contribution < 1.29 is 0 Å². The van der Waals surface area contributed by atoms with Gasteiger partial charge < -0.3 is 15.6 Å². The standard InChI is InChI=1S/C19H20ClN3S/c1-12-7-13(2)9-16(8-12)23-19(24)21-6-5-14-11-22-18-4-3-15(20)10-17(14)18/h3-4,7-11,22H,5-6H2,1-2H3,(H2,21,23,24). The van der Waals surface area contributed by atoms with Gasteiger partial charge in [0.05, 0.1) is 0 Å². The molecule has 3 nitrogen and oxygen atoms in total. The number of aromatic nitrogens is 1. The summed E-state index contributed by atoms with van der Waals surface area (Å²) in [6.07, 6.45) is 2.90. The van der Waals surface area contributed by atoms with Crippen LogP contribution in [0.3, 0.4) is 0 Å². The molecule has 0 saturated carbocycles. The summed E-state index contributed by atoms with van der Waals surface area (Å²) in [6.45, 7) is 4.92. The van der Waals surface area contributed by atoms with Crippen molar-refractivity contribution in [2.24, 2.45) is 0 Å². The summed E-state index contributed by atoms with van der Waals surface area (Å²) >= 11 is 11.5. The molecule has 24 heavy (non-hydrogen) atoms. The molecule has 0 saturated heterocycles. The summed E-state index contributed by atoms with van der Waals surface area (Å²) in [6, 6.07) is 12.2. The fraction of sp³-hybridized carbons (Fsp3) is 0.211. The van der Waals surface area contributed by atoms with E-state index in [1.54, 1.807) is 0 Å². The lowest BCUT2D eigenvalue weighted by Gasteiger charge is -2.11. The Labute approximate surface area is 152 Å². The number of halogens is 1. The number of H-pyrrole nitrogens is 1. The van der Waals surface area contributed by atoms with Crippen LogP contribution in [0, 0.1) is 13.8 Å². The van der Waals surface area contributed by atoms with Crippen molar-refractivity contribution >= 4 is 45.5 Å². The first-order valence-electron chi connectivity index (χ1n) is 7.90. The molecule has 0 spiro atoms. The molecule has 3 N–H and O–H groups in total. The third-order valence-corrected chi connectivity index (χ3v) is 4.37. The zero-order chi connectivity index (χ0) is 17.1. The number of aryl methyl sites for hydroxylation is 2. The molecule has 3 rings (SSSR count). The molecule has 0 unspecified atom stereocenters. The van der Waals surface area contributed by atoms with Crippen molar-refractivity contribution in [2.75, 3.05) is 11.9 Å². The second kappa shape index (κ2) is 7.24. The molecule has 1 aromatic heterocycles. The second-order valence-electron chi connectivity index (χ2n) is 6.01. The normalized spacial score (nSPS) is 10.8. The number of nitrogens with one attached hydrogen (secondary N) is 3. The van der Waals surface area contributed by atoms with Crippen molar-refractivity contribution in [2.45, 2.75) is 20.3 Å². The molecule has 3 aromatic rings. The minimum atomic E-state index is 0.637. The predicted molar refractivity (Wildman–Crippen MR) is 107 cm³/mol. The van der Waals surface area contributed by atoms with Crippen LogP contribution in [-0.2, 0) is 6.42 Å². The van der Waals surface area contributed by atoms with E-state index < -0.39 is 0 Å². The van der Waals surface area contributed by atoms with Crippen LogP contribution in [-0.4, -0.2) is 16.6 Å². The minimum Gasteiger partial charge on any atom is -0.362 e. The average molecular weight is 358 g/mol. The van der Waals surface area contributed by atoms with E-state index in [9.17, 15) is 0 Å². The Morgan fingerprint density at radius 2 is 1.88 bits per heavy atom. The monoisotopic (exact) mass is 357 g/mol. The van der Waals surface area contributed by atoms with Gasteiger partial charge in [-0.15, -0.1) is 0 Å². The molecule has 0 radical (unpaired) electrons. The van der Waals surface area contributed by atoms with Gasteiger partial charge in [-0.3, -0.25) is 0 Å². The number of hydrogen-bond acceptors (Lipinski definition) is 1. The molecule has 0 amide bonds. The van der Waals surface area contributed by atoms with Crippen LogP contribution in [0.4, 0.5) is 5.69 Å². The highest BCUT2D eigenvalue weighted by molar-refractivity contribution is 7.80. The highest BCUT2D eigenvalue weighted by atomic mass is 35.5. The predicted octanol–water partition coefficient (Wildman–Crippen LogP) is 4.97. The molecule has 2 aromatic carbocycles. The zero-order valence-corrected chi connectivity index (χ0v) is 15.3. The van der Waals surface area contributed by atoms with Crippen LogP contribution < -0.4 is 10.6 Å². The number of thiocarbonyl (C=S) groups is 1. The first-order valence-corrected chi connectivity index (χ1v) is 8.68. The quantitative estimate of drug-likeness (QED) is 0.577. The lowest BCUT2D eigenvalue weighted by molar-refractivity contribution is 0.878. The molecule has 0 fully saturated rings. The molecule has 0 aliphatic carbocycles. The van der Waals surface area contributed by atoms with Gasteiger partial charge in [0.2, 0.25) is 0 Å². The largest absolute Gasteiger partial charge is 0.362 e. The fourth-order valence-electron chi connectivity index (χ4n) is 2.89. The first kappa shape index (κ1) is 16.8. The minimum absolute atomic E-state index is 0.637. The SMILES string of the molecule is Cc1cc(C)cc(NC(=S)NCCc2c[nH]c3ccc(Cl)cc23)c1. The van der Waals surface area contributed by atoms with E-state index in [4.69, 9.17) is 23.8 Å². The summed E-state index contributed by atoms with van der Waals surface area (Å²) in [5.74, 6) is 0. The number of fused-ring (bicyclic) bond motifs is 1. The zero-order valence-electron chi connectivity index (χ0n) is 13.7. The maximum absolute atomic E-state index is 6.09. The Kier molecular flexibility index (Phi) is 5.07. The average Bonchev–Trinajstić information content (AvgIpc) is 2.88. The molecule has 0 bridgehead atoms. The Bertz CT molecular complexity index is 865. The van der Waals surface area contributed by atoms with Crippen molar-refractivity contribution in [1.29, 1.82) is 0 Å². The first-order chi connectivity index (χ1) is 11.5. The van der Waals surface area contributed by atoms with Crippen LogP contribution in [0.25, 0.3) is 10.9 Å². The van der Waals surface area contributed by atoms with E-state index in [1.165, 1.54) is 16.7 Å². The Morgan fingerprint density at radius 1 is 1.12 bits per heavy atom. The summed E-state index contributed by atoms with van der Waals surface area (Å²) in [5.41, 5.74) is 5.79. The smallest absolute Gasteiger partial charge is 0.170 e. The van der Waals surface area contributed by atoms with Gasteiger partial charge >= 0.3 is 0 Å². The lowest BCUT2D eigenvalue weighted by Crippen LogP contribution is -2.30. The van der Waals surface area contributed by atoms with Crippen molar-refractivity contribution in [3.63, 3.8) is 0 Å². The fourth-order valence-corrected chi connectivity index (χ4v) is 3.28. The molecule has 0 aliphatic heterocycles. The van der Waals surface area contributed by atoms with Gasteiger partial charge in [-0.05, 0) is 79.5 Å². The maximum Gasteiger partial charge on any atom is 0.170 e. The van der Waals surface area contributed by atoms with Crippen LogP contribution >= 0.6 is 23.8 Å². The van der Waals surface area contributed by atoms with Gasteiger partial charge in [-0.2, -0.15) is 0 Å². The van der Waals surface area contributed by atoms with Crippen molar-refractivity contribution in [3.8, 4) is 0 Å².